The van der Waals surface area contributed by atoms with Crippen LogP contribution in [-0.4, -0.2) is 14.2 Å². The number of hydrogen-bond acceptors (Lipinski definition) is 3. The fourth-order valence-corrected chi connectivity index (χ4v) is 3.12. The third kappa shape index (κ3) is 3.86. The predicted molar refractivity (Wildman–Crippen MR) is 68.2 cm³/mol. The van der Waals surface area contributed by atoms with Crippen molar-refractivity contribution in [3.05, 3.63) is 35.4 Å². The maximum absolute atomic E-state index is 12.0. The van der Waals surface area contributed by atoms with Crippen LogP contribution in [-0.2, 0) is 9.84 Å². The van der Waals surface area contributed by atoms with E-state index >= 15 is 0 Å². The molecule has 0 unspecified atom stereocenters. The van der Waals surface area contributed by atoms with Gasteiger partial charge in [0.25, 0.3) is 0 Å². The van der Waals surface area contributed by atoms with Gasteiger partial charge < -0.3 is 0 Å². The van der Waals surface area contributed by atoms with Crippen LogP contribution in [0.5, 0.6) is 0 Å². The number of rotatable bonds is 5. The molecular weight excluding hydrogens is 234 g/mol. The quantitative estimate of drug-likeness (QED) is 0.756. The first-order valence-electron chi connectivity index (χ1n) is 5.62. The van der Waals surface area contributed by atoms with E-state index in [9.17, 15) is 8.42 Å². The zero-order valence-electron chi connectivity index (χ0n) is 10.2. The van der Waals surface area contributed by atoms with Crippen LogP contribution >= 0.6 is 0 Å². The van der Waals surface area contributed by atoms with Crippen molar-refractivity contribution in [3.8, 4) is 6.07 Å². The summed E-state index contributed by atoms with van der Waals surface area (Å²) in [5, 5.41) is 7.91. The third-order valence-electron chi connectivity index (χ3n) is 2.77. The second kappa shape index (κ2) is 5.83. The number of hydrogen-bond donors (Lipinski definition) is 0. The lowest BCUT2D eigenvalue weighted by Crippen LogP contribution is -2.14. The van der Waals surface area contributed by atoms with Gasteiger partial charge in [0.2, 0.25) is 0 Å². The molecule has 0 amide bonds. The smallest absolute Gasteiger partial charge is 0.157 e. The highest BCUT2D eigenvalue weighted by molar-refractivity contribution is 7.91. The molecule has 0 aliphatic carbocycles. The standard InChI is InChI=1S/C13H17NO2S/c1-11-6-5-7-13(10-11)12(2)17(15,16)9-4-3-8-14/h5-7,10,12H,3-4,9H2,1-2H3/t12-/m1/s1. The van der Waals surface area contributed by atoms with Crippen molar-refractivity contribution in [1.82, 2.24) is 0 Å². The second-order valence-corrected chi connectivity index (χ2v) is 6.63. The number of nitrogens with zero attached hydrogens (tertiary/aromatic N) is 1. The van der Waals surface area contributed by atoms with Crippen LogP contribution in [0.1, 0.15) is 36.1 Å². The Morgan fingerprint density at radius 1 is 1.41 bits per heavy atom. The minimum atomic E-state index is -3.15. The molecule has 0 aliphatic heterocycles. The van der Waals surface area contributed by atoms with Crippen LogP contribution in [0.3, 0.4) is 0 Å². The summed E-state index contributed by atoms with van der Waals surface area (Å²) in [6.07, 6.45) is 0.703. The summed E-state index contributed by atoms with van der Waals surface area (Å²) in [6, 6.07) is 9.50. The van der Waals surface area contributed by atoms with Crippen molar-refractivity contribution in [2.45, 2.75) is 31.9 Å². The summed E-state index contributed by atoms with van der Waals surface area (Å²) >= 11 is 0. The Morgan fingerprint density at radius 2 is 2.12 bits per heavy atom. The summed E-state index contributed by atoms with van der Waals surface area (Å²) in [5.41, 5.74) is 1.88. The fraction of sp³-hybridized carbons (Fsp3) is 0.462. The average molecular weight is 251 g/mol. The monoisotopic (exact) mass is 251 g/mol. The number of sulfone groups is 1. The minimum absolute atomic E-state index is 0.0790. The van der Waals surface area contributed by atoms with Gasteiger partial charge in [-0.15, -0.1) is 0 Å². The predicted octanol–water partition coefficient (Wildman–Crippen LogP) is 2.77. The Kier molecular flexibility index (Phi) is 4.71. The molecule has 1 aromatic rings. The largest absolute Gasteiger partial charge is 0.228 e. The lowest BCUT2D eigenvalue weighted by atomic mass is 10.1. The normalized spacial score (nSPS) is 13.0. The van der Waals surface area contributed by atoms with E-state index in [0.29, 0.717) is 12.8 Å². The van der Waals surface area contributed by atoms with Gasteiger partial charge in [-0.25, -0.2) is 8.42 Å². The summed E-state index contributed by atoms with van der Waals surface area (Å²) in [6.45, 7) is 3.65. The molecule has 0 heterocycles. The molecule has 1 atom stereocenters. The summed E-state index contributed by atoms with van der Waals surface area (Å²) in [4.78, 5) is 0. The molecule has 0 spiro atoms. The van der Waals surface area contributed by atoms with Gasteiger partial charge in [0.05, 0.1) is 17.1 Å². The van der Waals surface area contributed by atoms with E-state index in [-0.39, 0.29) is 5.75 Å². The Hall–Kier alpha value is -1.34. The summed E-state index contributed by atoms with van der Waals surface area (Å²) < 4.78 is 24.0. The molecule has 0 N–H and O–H groups in total. The average Bonchev–Trinajstić information content (AvgIpc) is 2.28. The van der Waals surface area contributed by atoms with Crippen LogP contribution in [0.4, 0.5) is 0 Å². The minimum Gasteiger partial charge on any atom is -0.228 e. The number of unbranched alkanes of at least 4 members (excludes halogenated alkanes) is 1. The summed E-state index contributed by atoms with van der Waals surface area (Å²) in [5.74, 6) is 0.0790. The van der Waals surface area contributed by atoms with E-state index in [0.717, 1.165) is 11.1 Å². The van der Waals surface area contributed by atoms with E-state index in [4.69, 9.17) is 5.26 Å². The third-order valence-corrected chi connectivity index (χ3v) is 4.97. The van der Waals surface area contributed by atoms with E-state index in [1.807, 2.05) is 37.3 Å². The van der Waals surface area contributed by atoms with Crippen LogP contribution in [0.15, 0.2) is 24.3 Å². The Morgan fingerprint density at radius 3 is 2.71 bits per heavy atom. The Bertz CT molecular complexity index is 514. The lowest BCUT2D eigenvalue weighted by Gasteiger charge is -2.13. The van der Waals surface area contributed by atoms with Gasteiger partial charge in [-0.1, -0.05) is 29.8 Å². The van der Waals surface area contributed by atoms with Crippen molar-refractivity contribution >= 4 is 9.84 Å². The van der Waals surface area contributed by atoms with E-state index in [2.05, 4.69) is 0 Å². The van der Waals surface area contributed by atoms with E-state index in [1.54, 1.807) is 6.92 Å². The fourth-order valence-electron chi connectivity index (χ4n) is 1.66. The van der Waals surface area contributed by atoms with Crippen LogP contribution in [0, 0.1) is 18.3 Å². The molecule has 0 aromatic heterocycles. The van der Waals surface area contributed by atoms with Crippen LogP contribution in [0.25, 0.3) is 0 Å². The molecule has 0 bridgehead atoms. The van der Waals surface area contributed by atoms with Gasteiger partial charge in [0.15, 0.2) is 9.84 Å². The van der Waals surface area contributed by atoms with Gasteiger partial charge in [0.1, 0.15) is 0 Å². The van der Waals surface area contributed by atoms with Crippen LogP contribution < -0.4 is 0 Å². The van der Waals surface area contributed by atoms with Gasteiger partial charge in [-0.3, -0.25) is 0 Å². The number of benzene rings is 1. The first kappa shape index (κ1) is 13.7. The molecule has 0 radical (unpaired) electrons. The van der Waals surface area contributed by atoms with Crippen molar-refractivity contribution in [1.29, 1.82) is 5.26 Å². The molecule has 1 aromatic carbocycles. The first-order valence-corrected chi connectivity index (χ1v) is 7.34. The van der Waals surface area contributed by atoms with Gasteiger partial charge in [0, 0.05) is 6.42 Å². The lowest BCUT2D eigenvalue weighted by molar-refractivity contribution is 0.584. The SMILES string of the molecule is Cc1cccc([C@@H](C)S(=O)(=O)CCCC#N)c1. The molecule has 0 saturated carbocycles. The highest BCUT2D eigenvalue weighted by atomic mass is 32.2. The first-order chi connectivity index (χ1) is 7.97. The van der Waals surface area contributed by atoms with Gasteiger partial charge in [-0.05, 0) is 25.8 Å². The van der Waals surface area contributed by atoms with E-state index < -0.39 is 15.1 Å². The number of aryl methyl sites for hydroxylation is 1. The maximum Gasteiger partial charge on any atom is 0.157 e. The molecule has 0 saturated heterocycles. The molecule has 0 aliphatic rings. The zero-order valence-corrected chi connectivity index (χ0v) is 11.0. The molecule has 0 fully saturated rings. The topological polar surface area (TPSA) is 57.9 Å². The highest BCUT2D eigenvalue weighted by Crippen LogP contribution is 2.23. The zero-order chi connectivity index (χ0) is 12.9. The van der Waals surface area contributed by atoms with Gasteiger partial charge in [-0.2, -0.15) is 5.26 Å². The second-order valence-electron chi connectivity index (χ2n) is 4.19. The maximum atomic E-state index is 12.0. The van der Waals surface area contributed by atoms with Crippen molar-refractivity contribution < 1.29 is 8.42 Å². The van der Waals surface area contributed by atoms with Crippen molar-refractivity contribution in [2.24, 2.45) is 0 Å². The van der Waals surface area contributed by atoms with E-state index in [1.165, 1.54) is 0 Å². The Balaban J connectivity index is 2.82. The molecule has 4 heteroatoms. The molecule has 3 nitrogen and oxygen atoms in total. The van der Waals surface area contributed by atoms with Crippen molar-refractivity contribution in [2.75, 3.05) is 5.75 Å². The molecule has 1 rings (SSSR count). The van der Waals surface area contributed by atoms with Crippen molar-refractivity contribution in [3.63, 3.8) is 0 Å². The molecule has 92 valence electrons. The van der Waals surface area contributed by atoms with Gasteiger partial charge >= 0.3 is 0 Å². The number of nitriles is 1. The Labute approximate surface area is 103 Å². The summed E-state index contributed by atoms with van der Waals surface area (Å²) in [7, 11) is -3.15. The molecular formula is C13H17NO2S. The highest BCUT2D eigenvalue weighted by Gasteiger charge is 2.21. The molecule has 17 heavy (non-hydrogen) atoms. The van der Waals surface area contributed by atoms with Crippen LogP contribution in [0.2, 0.25) is 0 Å².